The maximum absolute atomic E-state index is 12.8. The Bertz CT molecular complexity index is 840. The average molecular weight is 461 g/mol. The number of piperidine rings is 1. The van der Waals surface area contributed by atoms with Gasteiger partial charge < -0.3 is 14.7 Å². The second-order valence-corrected chi connectivity index (χ2v) is 9.84. The molecule has 1 atom stereocenters. The van der Waals surface area contributed by atoms with Gasteiger partial charge in [0.05, 0.1) is 11.1 Å². The number of nitrogens with zero attached hydrogens (tertiary/aromatic N) is 3. The zero-order chi connectivity index (χ0) is 23.3. The Kier molecular flexibility index (Phi) is 7.67. The van der Waals surface area contributed by atoms with Gasteiger partial charge in [-0.2, -0.15) is 5.10 Å². The van der Waals surface area contributed by atoms with Crippen LogP contribution in [0.15, 0.2) is 0 Å². The van der Waals surface area contributed by atoms with Crippen molar-refractivity contribution in [2.75, 3.05) is 32.7 Å². The highest BCUT2D eigenvalue weighted by atomic mass is 16.6. The van der Waals surface area contributed by atoms with E-state index in [2.05, 4.69) is 15.1 Å². The van der Waals surface area contributed by atoms with Crippen LogP contribution in [0, 0.1) is 5.41 Å². The zero-order valence-electron chi connectivity index (χ0n) is 19.4. The lowest BCUT2D eigenvalue weighted by atomic mass is 9.76. The highest BCUT2D eigenvalue weighted by Gasteiger charge is 2.51. The SMILES string of the molecule is O=C(CCc1n[nH]c2c1CCCC2)N1CCC2(CC1)CC(CN1CCCC1)OC2=O.O=CO. The normalized spacial score (nSPS) is 24.2. The number of esters is 1. The Morgan fingerprint density at radius 2 is 1.85 bits per heavy atom. The van der Waals surface area contributed by atoms with Gasteiger partial charge in [0.1, 0.15) is 6.10 Å². The first-order valence-corrected chi connectivity index (χ1v) is 12.4. The maximum Gasteiger partial charge on any atom is 0.312 e. The van der Waals surface area contributed by atoms with Gasteiger partial charge in [-0.25, -0.2) is 0 Å². The highest BCUT2D eigenvalue weighted by Crippen LogP contribution is 2.43. The summed E-state index contributed by atoms with van der Waals surface area (Å²) in [5, 5.41) is 14.5. The van der Waals surface area contributed by atoms with Crippen molar-refractivity contribution in [3.8, 4) is 0 Å². The molecular weight excluding hydrogens is 424 g/mol. The average Bonchev–Trinajstić information content (AvgIpc) is 3.54. The van der Waals surface area contributed by atoms with Crippen LogP contribution in [0.4, 0.5) is 0 Å². The van der Waals surface area contributed by atoms with Crippen molar-refractivity contribution in [1.82, 2.24) is 20.0 Å². The molecular formula is C24H36N4O5. The van der Waals surface area contributed by atoms with E-state index in [0.29, 0.717) is 25.9 Å². The van der Waals surface area contributed by atoms with E-state index in [9.17, 15) is 9.59 Å². The molecule has 1 aromatic heterocycles. The summed E-state index contributed by atoms with van der Waals surface area (Å²) in [6.45, 7) is 4.22. The lowest BCUT2D eigenvalue weighted by Crippen LogP contribution is -2.45. The molecule has 2 N–H and O–H groups in total. The second-order valence-electron chi connectivity index (χ2n) is 9.84. The van der Waals surface area contributed by atoms with Gasteiger partial charge in [0, 0.05) is 44.6 Å². The number of fused-ring (bicyclic) bond motifs is 1. The topological polar surface area (TPSA) is 116 Å². The fourth-order valence-corrected chi connectivity index (χ4v) is 5.92. The molecule has 1 aliphatic carbocycles. The number of hydrogen-bond donors (Lipinski definition) is 2. The Morgan fingerprint density at radius 1 is 1.15 bits per heavy atom. The van der Waals surface area contributed by atoms with Crippen LogP contribution in [0.3, 0.4) is 0 Å². The van der Waals surface area contributed by atoms with Gasteiger partial charge >= 0.3 is 5.97 Å². The number of nitrogens with one attached hydrogen (secondary N) is 1. The van der Waals surface area contributed by atoms with Crippen LogP contribution in [0.1, 0.15) is 68.3 Å². The molecule has 1 aromatic rings. The molecule has 5 rings (SSSR count). The van der Waals surface area contributed by atoms with Crippen molar-refractivity contribution < 1.29 is 24.2 Å². The molecule has 0 bridgehead atoms. The summed E-state index contributed by atoms with van der Waals surface area (Å²) in [7, 11) is 0. The molecule has 0 radical (unpaired) electrons. The van der Waals surface area contributed by atoms with Crippen molar-refractivity contribution in [3.63, 3.8) is 0 Å². The van der Waals surface area contributed by atoms with E-state index in [1.165, 1.54) is 36.9 Å². The molecule has 1 spiro atoms. The molecule has 3 fully saturated rings. The third kappa shape index (κ3) is 5.39. The van der Waals surface area contributed by atoms with Crippen molar-refractivity contribution in [2.45, 2.75) is 76.7 Å². The van der Waals surface area contributed by atoms with Gasteiger partial charge in [0.25, 0.3) is 6.47 Å². The summed E-state index contributed by atoms with van der Waals surface area (Å²) in [5.41, 5.74) is 3.34. The highest BCUT2D eigenvalue weighted by molar-refractivity contribution is 5.81. The van der Waals surface area contributed by atoms with Crippen molar-refractivity contribution in [2.24, 2.45) is 5.41 Å². The van der Waals surface area contributed by atoms with Crippen LogP contribution in [0.25, 0.3) is 0 Å². The largest absolute Gasteiger partial charge is 0.483 e. The first-order chi connectivity index (χ1) is 16.0. The number of carbonyl (C=O) groups is 3. The summed E-state index contributed by atoms with van der Waals surface area (Å²) < 4.78 is 5.77. The molecule has 4 aliphatic rings. The first-order valence-electron chi connectivity index (χ1n) is 12.4. The van der Waals surface area contributed by atoms with Crippen LogP contribution in [-0.4, -0.2) is 82.3 Å². The van der Waals surface area contributed by atoms with Crippen molar-refractivity contribution >= 4 is 18.3 Å². The van der Waals surface area contributed by atoms with Gasteiger partial charge in [-0.1, -0.05) is 0 Å². The van der Waals surface area contributed by atoms with E-state index in [-0.39, 0.29) is 29.9 Å². The summed E-state index contributed by atoms with van der Waals surface area (Å²) in [5.74, 6) is 0.166. The van der Waals surface area contributed by atoms with Gasteiger partial charge in [0.15, 0.2) is 0 Å². The Balaban J connectivity index is 0.000000821. The monoisotopic (exact) mass is 460 g/mol. The number of aromatic amines is 1. The predicted octanol–water partition coefficient (Wildman–Crippen LogP) is 1.94. The lowest BCUT2D eigenvalue weighted by Gasteiger charge is -2.36. The second kappa shape index (κ2) is 10.7. The lowest BCUT2D eigenvalue weighted by molar-refractivity contribution is -0.152. The fraction of sp³-hybridized carbons (Fsp3) is 0.750. The molecule has 0 aromatic carbocycles. The van der Waals surface area contributed by atoms with Gasteiger partial charge in [0.2, 0.25) is 5.91 Å². The van der Waals surface area contributed by atoms with Crippen LogP contribution in [0.5, 0.6) is 0 Å². The summed E-state index contributed by atoms with van der Waals surface area (Å²) >= 11 is 0. The van der Waals surface area contributed by atoms with Crippen LogP contribution in [-0.2, 0) is 38.4 Å². The number of hydrogen-bond acceptors (Lipinski definition) is 6. The number of carboxylic acid groups (broad SMARTS) is 1. The molecule has 4 heterocycles. The van der Waals surface area contributed by atoms with E-state index in [1.54, 1.807) is 0 Å². The number of likely N-dealkylation sites (tertiary alicyclic amines) is 2. The minimum atomic E-state index is -0.359. The van der Waals surface area contributed by atoms with E-state index >= 15 is 0 Å². The quantitative estimate of drug-likeness (QED) is 0.510. The number of rotatable bonds is 5. The smallest absolute Gasteiger partial charge is 0.312 e. The molecule has 182 valence electrons. The first kappa shape index (κ1) is 23.7. The standard InChI is InChI=1S/C23H34N4O3.CH2O2/c28-21(8-7-20-18-5-1-2-6-19(18)24-25-20)27-13-9-23(10-14-27)15-17(30-22(23)29)16-26-11-3-4-12-26;2-1-3/h17H,1-16H2,(H,24,25);1H,(H,2,3). The predicted molar refractivity (Wildman–Crippen MR) is 121 cm³/mol. The van der Waals surface area contributed by atoms with Crippen LogP contribution in [0.2, 0.25) is 0 Å². The molecule has 9 heteroatoms. The molecule has 3 aliphatic heterocycles. The Labute approximate surface area is 194 Å². The fourth-order valence-electron chi connectivity index (χ4n) is 5.92. The number of H-pyrrole nitrogens is 1. The Hall–Kier alpha value is -2.42. The van der Waals surface area contributed by atoms with E-state index < -0.39 is 0 Å². The third-order valence-corrected chi connectivity index (χ3v) is 7.78. The van der Waals surface area contributed by atoms with Crippen molar-refractivity contribution in [1.29, 1.82) is 0 Å². The summed E-state index contributed by atoms with van der Waals surface area (Å²) in [6.07, 6.45) is 10.7. The molecule has 1 amide bonds. The Morgan fingerprint density at radius 3 is 2.58 bits per heavy atom. The summed E-state index contributed by atoms with van der Waals surface area (Å²) in [4.78, 5) is 38.2. The van der Waals surface area contributed by atoms with Crippen LogP contribution < -0.4 is 0 Å². The van der Waals surface area contributed by atoms with Gasteiger partial charge in [-0.3, -0.25) is 24.4 Å². The zero-order valence-corrected chi connectivity index (χ0v) is 19.4. The molecule has 1 unspecified atom stereocenters. The molecule has 33 heavy (non-hydrogen) atoms. The minimum absolute atomic E-state index is 0.0260. The van der Waals surface area contributed by atoms with E-state index in [4.69, 9.17) is 14.6 Å². The number of ether oxygens (including phenoxy) is 1. The number of carbonyl (C=O) groups excluding carboxylic acids is 2. The number of amides is 1. The third-order valence-electron chi connectivity index (χ3n) is 7.78. The van der Waals surface area contributed by atoms with Crippen LogP contribution >= 0.6 is 0 Å². The number of cyclic esters (lactones) is 1. The van der Waals surface area contributed by atoms with E-state index in [1.807, 2.05) is 4.90 Å². The van der Waals surface area contributed by atoms with Crippen molar-refractivity contribution in [3.05, 3.63) is 17.0 Å². The number of aryl methyl sites for hydroxylation is 2. The van der Waals surface area contributed by atoms with Gasteiger partial charge in [-0.05, 0) is 70.0 Å². The van der Waals surface area contributed by atoms with E-state index in [0.717, 1.165) is 57.4 Å². The molecule has 0 saturated carbocycles. The maximum atomic E-state index is 12.8. The number of aromatic nitrogens is 2. The molecule has 9 nitrogen and oxygen atoms in total. The van der Waals surface area contributed by atoms with Gasteiger partial charge in [-0.15, -0.1) is 0 Å². The molecule has 3 saturated heterocycles. The summed E-state index contributed by atoms with van der Waals surface area (Å²) in [6, 6.07) is 0. The minimum Gasteiger partial charge on any atom is -0.483 e.